The number of aliphatic hydroxyl groups excluding tert-OH is 1. The summed E-state index contributed by atoms with van der Waals surface area (Å²) in [6, 6.07) is 7.07. The molecule has 0 radical (unpaired) electrons. The third-order valence-corrected chi connectivity index (χ3v) is 3.53. The van der Waals surface area contributed by atoms with Gasteiger partial charge in [0.1, 0.15) is 0 Å². The van der Waals surface area contributed by atoms with Crippen molar-refractivity contribution in [2.24, 2.45) is 5.92 Å². The van der Waals surface area contributed by atoms with Crippen LogP contribution in [-0.4, -0.2) is 36.1 Å². The first kappa shape index (κ1) is 14.8. The van der Waals surface area contributed by atoms with E-state index in [1.807, 2.05) is 0 Å². The molecule has 20 heavy (non-hydrogen) atoms. The molecule has 1 aromatic rings. The van der Waals surface area contributed by atoms with Crippen LogP contribution in [0.15, 0.2) is 24.3 Å². The molecule has 2 amide bonds. The number of anilines is 1. The van der Waals surface area contributed by atoms with Crippen LogP contribution in [0.5, 0.6) is 0 Å². The first-order chi connectivity index (χ1) is 9.49. The number of rotatable bonds is 4. The highest BCUT2D eigenvalue weighted by molar-refractivity contribution is 6.33. The van der Waals surface area contributed by atoms with Gasteiger partial charge in [-0.25, -0.2) is 0 Å². The normalized spacial score (nSPS) is 20.1. The van der Waals surface area contributed by atoms with Crippen LogP contribution < -0.4 is 10.2 Å². The molecule has 0 aliphatic carbocycles. The van der Waals surface area contributed by atoms with Crippen LogP contribution in [0.4, 0.5) is 5.69 Å². The lowest BCUT2D eigenvalue weighted by Crippen LogP contribution is -2.36. The Hall–Kier alpha value is -1.59. The molecule has 5 nitrogen and oxygen atoms in total. The fraction of sp³-hybridized carbons (Fsp3) is 0.429. The standard InChI is InChI=1S/C14H17ClN2O3/c1-9(18)7-16-14(20)10-6-13(19)17(8-10)12-5-3-2-4-11(12)15/h2-5,9-10,18H,6-8H2,1H3,(H,16,20). The molecule has 0 bridgehead atoms. The molecule has 2 rings (SSSR count). The Kier molecular flexibility index (Phi) is 4.62. The minimum absolute atomic E-state index is 0.115. The van der Waals surface area contributed by atoms with Gasteiger partial charge in [0.05, 0.1) is 22.7 Å². The number of hydrogen-bond donors (Lipinski definition) is 2. The molecule has 0 aromatic heterocycles. The van der Waals surface area contributed by atoms with E-state index in [-0.39, 0.29) is 24.8 Å². The Morgan fingerprint density at radius 3 is 2.90 bits per heavy atom. The van der Waals surface area contributed by atoms with Gasteiger partial charge in [0.15, 0.2) is 0 Å². The SMILES string of the molecule is CC(O)CNC(=O)C1CC(=O)N(c2ccccc2Cl)C1. The van der Waals surface area contributed by atoms with Crippen LogP contribution in [0.1, 0.15) is 13.3 Å². The quantitative estimate of drug-likeness (QED) is 0.877. The van der Waals surface area contributed by atoms with Crippen LogP contribution in [0.3, 0.4) is 0 Å². The van der Waals surface area contributed by atoms with Gasteiger partial charge < -0.3 is 15.3 Å². The van der Waals surface area contributed by atoms with Gasteiger partial charge in [0.25, 0.3) is 0 Å². The molecule has 1 aliphatic rings. The van der Waals surface area contributed by atoms with Gasteiger partial charge in [-0.2, -0.15) is 0 Å². The Morgan fingerprint density at radius 1 is 1.55 bits per heavy atom. The summed E-state index contributed by atoms with van der Waals surface area (Å²) < 4.78 is 0. The summed E-state index contributed by atoms with van der Waals surface area (Å²) in [5, 5.41) is 12.3. The number of nitrogens with one attached hydrogen (secondary N) is 1. The Bertz CT molecular complexity index is 519. The molecular formula is C14H17ClN2O3. The van der Waals surface area contributed by atoms with Crippen LogP contribution >= 0.6 is 11.6 Å². The van der Waals surface area contributed by atoms with Crippen molar-refractivity contribution < 1.29 is 14.7 Å². The van der Waals surface area contributed by atoms with Crippen molar-refractivity contribution in [3.05, 3.63) is 29.3 Å². The molecule has 1 heterocycles. The van der Waals surface area contributed by atoms with E-state index in [4.69, 9.17) is 16.7 Å². The van der Waals surface area contributed by atoms with Crippen molar-refractivity contribution >= 4 is 29.1 Å². The Balaban J connectivity index is 2.04. The van der Waals surface area contributed by atoms with Crippen LogP contribution in [0, 0.1) is 5.92 Å². The van der Waals surface area contributed by atoms with Gasteiger partial charge in [-0.15, -0.1) is 0 Å². The van der Waals surface area contributed by atoms with Gasteiger partial charge in [-0.3, -0.25) is 9.59 Å². The van der Waals surface area contributed by atoms with Gasteiger partial charge in [-0.05, 0) is 19.1 Å². The monoisotopic (exact) mass is 296 g/mol. The zero-order valence-electron chi connectivity index (χ0n) is 11.2. The van der Waals surface area contributed by atoms with Crippen molar-refractivity contribution in [1.29, 1.82) is 0 Å². The molecule has 1 fully saturated rings. The number of para-hydroxylation sites is 1. The number of carbonyl (C=O) groups is 2. The van der Waals surface area contributed by atoms with E-state index in [0.29, 0.717) is 17.3 Å². The summed E-state index contributed by atoms with van der Waals surface area (Å²) in [7, 11) is 0. The van der Waals surface area contributed by atoms with E-state index in [1.165, 1.54) is 4.90 Å². The van der Waals surface area contributed by atoms with Gasteiger partial charge in [0, 0.05) is 19.5 Å². The second kappa shape index (κ2) is 6.24. The maximum Gasteiger partial charge on any atom is 0.227 e. The first-order valence-corrected chi connectivity index (χ1v) is 6.87. The summed E-state index contributed by atoms with van der Waals surface area (Å²) in [5.74, 6) is -0.735. The molecule has 108 valence electrons. The minimum Gasteiger partial charge on any atom is -0.392 e. The molecule has 1 aromatic carbocycles. The van der Waals surface area contributed by atoms with Crippen molar-refractivity contribution in [2.75, 3.05) is 18.0 Å². The van der Waals surface area contributed by atoms with Crippen LogP contribution in [0.2, 0.25) is 5.02 Å². The molecular weight excluding hydrogens is 280 g/mol. The van der Waals surface area contributed by atoms with E-state index in [2.05, 4.69) is 5.32 Å². The lowest BCUT2D eigenvalue weighted by molar-refractivity contribution is -0.126. The highest BCUT2D eigenvalue weighted by Gasteiger charge is 2.35. The fourth-order valence-corrected chi connectivity index (χ4v) is 2.42. The van der Waals surface area contributed by atoms with Crippen LogP contribution in [0.25, 0.3) is 0 Å². The van der Waals surface area contributed by atoms with Crippen molar-refractivity contribution in [3.63, 3.8) is 0 Å². The number of benzene rings is 1. The molecule has 2 unspecified atom stereocenters. The highest BCUT2D eigenvalue weighted by atomic mass is 35.5. The van der Waals surface area contributed by atoms with Crippen molar-refractivity contribution in [3.8, 4) is 0 Å². The van der Waals surface area contributed by atoms with Crippen molar-refractivity contribution in [2.45, 2.75) is 19.4 Å². The third-order valence-electron chi connectivity index (χ3n) is 3.21. The fourth-order valence-electron chi connectivity index (χ4n) is 2.18. The number of hydrogen-bond acceptors (Lipinski definition) is 3. The predicted octanol–water partition coefficient (Wildman–Crippen LogP) is 1.19. The number of amides is 2. The highest BCUT2D eigenvalue weighted by Crippen LogP contribution is 2.30. The summed E-state index contributed by atoms with van der Waals surface area (Å²) in [4.78, 5) is 25.5. The Labute approximate surface area is 122 Å². The van der Waals surface area contributed by atoms with E-state index in [0.717, 1.165) is 0 Å². The molecule has 2 N–H and O–H groups in total. The summed E-state index contributed by atoms with van der Waals surface area (Å²) in [5.41, 5.74) is 0.630. The first-order valence-electron chi connectivity index (χ1n) is 6.49. The van der Waals surface area contributed by atoms with Gasteiger partial charge >= 0.3 is 0 Å². The second-order valence-electron chi connectivity index (χ2n) is 4.95. The molecule has 1 aliphatic heterocycles. The maximum atomic E-state index is 12.0. The molecule has 6 heteroatoms. The number of aliphatic hydroxyl groups is 1. The molecule has 1 saturated heterocycles. The average molecular weight is 297 g/mol. The van der Waals surface area contributed by atoms with Gasteiger partial charge in [0.2, 0.25) is 11.8 Å². The molecule has 0 spiro atoms. The van der Waals surface area contributed by atoms with E-state index in [1.54, 1.807) is 31.2 Å². The predicted molar refractivity (Wildman–Crippen MR) is 76.6 cm³/mol. The lowest BCUT2D eigenvalue weighted by Gasteiger charge is -2.18. The topological polar surface area (TPSA) is 69.6 Å². The average Bonchev–Trinajstić information content (AvgIpc) is 2.78. The number of nitrogens with zero attached hydrogens (tertiary/aromatic N) is 1. The maximum absolute atomic E-state index is 12.0. The number of carbonyl (C=O) groups excluding carboxylic acids is 2. The Morgan fingerprint density at radius 2 is 2.25 bits per heavy atom. The molecule has 0 saturated carbocycles. The van der Waals surface area contributed by atoms with E-state index < -0.39 is 12.0 Å². The third kappa shape index (κ3) is 3.29. The smallest absolute Gasteiger partial charge is 0.227 e. The lowest BCUT2D eigenvalue weighted by atomic mass is 10.1. The summed E-state index contributed by atoms with van der Waals surface area (Å²) >= 11 is 6.07. The largest absolute Gasteiger partial charge is 0.392 e. The number of halogens is 1. The van der Waals surface area contributed by atoms with Gasteiger partial charge in [-0.1, -0.05) is 23.7 Å². The van der Waals surface area contributed by atoms with E-state index in [9.17, 15) is 9.59 Å². The summed E-state index contributed by atoms with van der Waals surface area (Å²) in [6.45, 7) is 2.10. The molecule has 2 atom stereocenters. The zero-order valence-corrected chi connectivity index (χ0v) is 11.9. The second-order valence-corrected chi connectivity index (χ2v) is 5.36. The zero-order chi connectivity index (χ0) is 14.7. The van der Waals surface area contributed by atoms with Crippen LogP contribution in [-0.2, 0) is 9.59 Å². The van der Waals surface area contributed by atoms with E-state index >= 15 is 0 Å². The minimum atomic E-state index is -0.601. The van der Waals surface area contributed by atoms with Crippen molar-refractivity contribution in [1.82, 2.24) is 5.32 Å². The summed E-state index contributed by atoms with van der Waals surface area (Å²) in [6.07, 6.45) is -0.438.